The smallest absolute Gasteiger partial charge is 0.256 e. The van der Waals surface area contributed by atoms with Gasteiger partial charge in [-0.25, -0.2) is 9.50 Å². The molecule has 6 nitrogen and oxygen atoms in total. The van der Waals surface area contributed by atoms with Gasteiger partial charge in [-0.3, -0.25) is 4.79 Å². The fraction of sp³-hybridized carbons (Fsp3) is 0.462. The number of hydrogen-bond acceptors (Lipinski definition) is 4. The minimum atomic E-state index is -0.139. The SMILES string of the molecule is Cc1cnc2c(C(=O)NCC3(C)COC3)cnn2c1. The summed E-state index contributed by atoms with van der Waals surface area (Å²) in [6, 6.07) is 0. The van der Waals surface area contributed by atoms with E-state index < -0.39 is 0 Å². The second kappa shape index (κ2) is 4.31. The standard InChI is InChI=1S/C13H16N4O2/c1-9-3-14-11-10(4-16-17(11)5-9)12(18)15-6-13(2)7-19-8-13/h3-5H,6-8H2,1-2H3,(H,15,18). The third-order valence-corrected chi connectivity index (χ3v) is 3.31. The number of aryl methyl sites for hydroxylation is 1. The first-order valence-electron chi connectivity index (χ1n) is 6.23. The first-order valence-corrected chi connectivity index (χ1v) is 6.23. The molecule has 3 heterocycles. The number of ether oxygens (including phenoxy) is 1. The van der Waals surface area contributed by atoms with Gasteiger partial charge in [-0.1, -0.05) is 6.92 Å². The van der Waals surface area contributed by atoms with Crippen molar-refractivity contribution in [3.63, 3.8) is 0 Å². The van der Waals surface area contributed by atoms with E-state index in [0.29, 0.717) is 31.0 Å². The molecule has 2 aromatic rings. The lowest BCUT2D eigenvalue weighted by atomic mass is 9.89. The number of nitrogens with zero attached hydrogens (tertiary/aromatic N) is 3. The Morgan fingerprint density at radius 3 is 3.00 bits per heavy atom. The van der Waals surface area contributed by atoms with Gasteiger partial charge in [0.25, 0.3) is 5.91 Å². The van der Waals surface area contributed by atoms with E-state index >= 15 is 0 Å². The summed E-state index contributed by atoms with van der Waals surface area (Å²) in [5.41, 5.74) is 2.14. The van der Waals surface area contributed by atoms with Crippen molar-refractivity contribution in [3.8, 4) is 0 Å². The highest BCUT2D eigenvalue weighted by atomic mass is 16.5. The Bertz CT molecular complexity index is 631. The Morgan fingerprint density at radius 1 is 1.53 bits per heavy atom. The molecule has 0 atom stereocenters. The second-order valence-corrected chi connectivity index (χ2v) is 5.44. The summed E-state index contributed by atoms with van der Waals surface area (Å²) in [4.78, 5) is 16.4. The summed E-state index contributed by atoms with van der Waals surface area (Å²) in [7, 11) is 0. The van der Waals surface area contributed by atoms with Crippen molar-refractivity contribution in [2.45, 2.75) is 13.8 Å². The molecule has 0 saturated carbocycles. The van der Waals surface area contributed by atoms with Gasteiger partial charge in [0.05, 0.1) is 19.4 Å². The number of fused-ring (bicyclic) bond motifs is 1. The number of amides is 1. The van der Waals surface area contributed by atoms with Gasteiger partial charge in [-0.15, -0.1) is 0 Å². The van der Waals surface area contributed by atoms with E-state index in [1.165, 1.54) is 0 Å². The van der Waals surface area contributed by atoms with Crippen molar-refractivity contribution in [1.29, 1.82) is 0 Å². The van der Waals surface area contributed by atoms with Gasteiger partial charge in [0.15, 0.2) is 5.65 Å². The number of carbonyl (C=O) groups is 1. The molecule has 0 bridgehead atoms. The summed E-state index contributed by atoms with van der Waals surface area (Å²) >= 11 is 0. The number of rotatable bonds is 3. The van der Waals surface area contributed by atoms with Crippen LogP contribution in [-0.2, 0) is 4.74 Å². The normalized spacial score (nSPS) is 17.2. The largest absolute Gasteiger partial charge is 0.380 e. The molecule has 0 aliphatic carbocycles. The summed E-state index contributed by atoms with van der Waals surface area (Å²) in [5, 5.41) is 7.07. The lowest BCUT2D eigenvalue weighted by molar-refractivity contribution is -0.0978. The summed E-state index contributed by atoms with van der Waals surface area (Å²) < 4.78 is 6.79. The lowest BCUT2D eigenvalue weighted by Crippen LogP contribution is -2.48. The van der Waals surface area contributed by atoms with Gasteiger partial charge < -0.3 is 10.1 Å². The van der Waals surface area contributed by atoms with Crippen molar-refractivity contribution < 1.29 is 9.53 Å². The molecule has 1 amide bonds. The quantitative estimate of drug-likeness (QED) is 0.886. The zero-order valence-electron chi connectivity index (χ0n) is 11.0. The molecule has 1 aliphatic rings. The van der Waals surface area contributed by atoms with Crippen LogP contribution < -0.4 is 5.32 Å². The van der Waals surface area contributed by atoms with Crippen LogP contribution >= 0.6 is 0 Å². The predicted molar refractivity (Wildman–Crippen MR) is 69.0 cm³/mol. The van der Waals surface area contributed by atoms with Crippen molar-refractivity contribution in [3.05, 3.63) is 29.7 Å². The maximum Gasteiger partial charge on any atom is 0.256 e. The number of carbonyl (C=O) groups excluding carboxylic acids is 1. The summed E-state index contributed by atoms with van der Waals surface area (Å²) in [6.45, 7) is 6.02. The predicted octanol–water partition coefficient (Wildman–Crippen LogP) is 0.804. The lowest BCUT2D eigenvalue weighted by Gasteiger charge is -2.37. The van der Waals surface area contributed by atoms with Gasteiger partial charge in [0.1, 0.15) is 5.56 Å². The van der Waals surface area contributed by atoms with Crippen molar-refractivity contribution >= 4 is 11.6 Å². The van der Waals surface area contributed by atoms with E-state index in [0.717, 1.165) is 5.56 Å². The molecule has 0 unspecified atom stereocenters. The van der Waals surface area contributed by atoms with Crippen molar-refractivity contribution in [2.75, 3.05) is 19.8 Å². The minimum absolute atomic E-state index is 0.0582. The Hall–Kier alpha value is -1.95. The van der Waals surface area contributed by atoms with Crippen LogP contribution in [0.15, 0.2) is 18.6 Å². The Kier molecular flexibility index (Phi) is 2.74. The van der Waals surface area contributed by atoms with E-state index in [1.54, 1.807) is 16.9 Å². The molecule has 19 heavy (non-hydrogen) atoms. The third-order valence-electron chi connectivity index (χ3n) is 3.31. The zero-order chi connectivity index (χ0) is 13.5. The van der Waals surface area contributed by atoms with E-state index in [2.05, 4.69) is 22.3 Å². The van der Waals surface area contributed by atoms with Gasteiger partial charge in [-0.2, -0.15) is 5.10 Å². The molecule has 0 spiro atoms. The molecule has 1 saturated heterocycles. The Morgan fingerprint density at radius 2 is 2.32 bits per heavy atom. The van der Waals surface area contributed by atoms with E-state index in [1.807, 2.05) is 13.1 Å². The molecule has 6 heteroatoms. The van der Waals surface area contributed by atoms with Crippen LogP contribution in [0.1, 0.15) is 22.8 Å². The van der Waals surface area contributed by atoms with Gasteiger partial charge in [-0.05, 0) is 12.5 Å². The van der Waals surface area contributed by atoms with Crippen LogP contribution in [0.5, 0.6) is 0 Å². The van der Waals surface area contributed by atoms with E-state index in [9.17, 15) is 4.79 Å². The zero-order valence-corrected chi connectivity index (χ0v) is 11.0. The number of hydrogen-bond donors (Lipinski definition) is 1. The third kappa shape index (κ3) is 2.19. The first-order chi connectivity index (χ1) is 9.07. The number of aromatic nitrogens is 3. The highest BCUT2D eigenvalue weighted by molar-refractivity contribution is 5.99. The summed E-state index contributed by atoms with van der Waals surface area (Å²) in [6.07, 6.45) is 5.13. The van der Waals surface area contributed by atoms with Crippen LogP contribution in [-0.4, -0.2) is 40.3 Å². The maximum absolute atomic E-state index is 12.1. The van der Waals surface area contributed by atoms with E-state index in [4.69, 9.17) is 4.74 Å². The molecule has 3 rings (SSSR count). The average molecular weight is 260 g/mol. The monoisotopic (exact) mass is 260 g/mol. The first kappa shape index (κ1) is 12.1. The van der Waals surface area contributed by atoms with E-state index in [-0.39, 0.29) is 11.3 Å². The maximum atomic E-state index is 12.1. The second-order valence-electron chi connectivity index (χ2n) is 5.44. The molecule has 1 N–H and O–H groups in total. The Labute approximate surface area is 110 Å². The summed E-state index contributed by atoms with van der Waals surface area (Å²) in [5.74, 6) is -0.139. The fourth-order valence-corrected chi connectivity index (χ4v) is 2.07. The molecule has 2 aromatic heterocycles. The van der Waals surface area contributed by atoms with Crippen LogP contribution in [0, 0.1) is 12.3 Å². The molecular weight excluding hydrogens is 244 g/mol. The highest BCUT2D eigenvalue weighted by Crippen LogP contribution is 2.25. The average Bonchev–Trinajstić information content (AvgIpc) is 2.76. The van der Waals surface area contributed by atoms with Gasteiger partial charge in [0.2, 0.25) is 0 Å². The topological polar surface area (TPSA) is 68.5 Å². The van der Waals surface area contributed by atoms with Gasteiger partial charge in [0, 0.05) is 24.4 Å². The molecule has 1 aliphatic heterocycles. The van der Waals surface area contributed by atoms with Crippen molar-refractivity contribution in [2.24, 2.45) is 5.41 Å². The van der Waals surface area contributed by atoms with Gasteiger partial charge >= 0.3 is 0 Å². The van der Waals surface area contributed by atoms with Crippen LogP contribution in [0.4, 0.5) is 0 Å². The molecule has 0 aromatic carbocycles. The van der Waals surface area contributed by atoms with Crippen LogP contribution in [0.2, 0.25) is 0 Å². The van der Waals surface area contributed by atoms with Crippen LogP contribution in [0.25, 0.3) is 5.65 Å². The Balaban J connectivity index is 1.78. The molecule has 0 radical (unpaired) electrons. The minimum Gasteiger partial charge on any atom is -0.380 e. The fourth-order valence-electron chi connectivity index (χ4n) is 2.07. The molecule has 100 valence electrons. The number of nitrogens with one attached hydrogen (secondary N) is 1. The highest BCUT2D eigenvalue weighted by Gasteiger charge is 2.33. The molecular formula is C13H16N4O2. The molecule has 1 fully saturated rings. The van der Waals surface area contributed by atoms with Crippen LogP contribution in [0.3, 0.4) is 0 Å². The van der Waals surface area contributed by atoms with Crippen molar-refractivity contribution in [1.82, 2.24) is 19.9 Å².